The van der Waals surface area contributed by atoms with Crippen LogP contribution < -0.4 is 13.8 Å². The van der Waals surface area contributed by atoms with Gasteiger partial charge in [-0.25, -0.2) is 8.42 Å². The summed E-state index contributed by atoms with van der Waals surface area (Å²) in [6.07, 6.45) is -3.87. The largest absolute Gasteiger partial charge is 0.454 e. The topological polar surface area (TPSA) is 79.4 Å². The highest BCUT2D eigenvalue weighted by atomic mass is 35.5. The van der Waals surface area contributed by atoms with Crippen LogP contribution in [0.25, 0.3) is 0 Å². The fourth-order valence-corrected chi connectivity index (χ4v) is 5.06. The van der Waals surface area contributed by atoms with Gasteiger partial charge in [-0.2, -0.15) is 13.2 Å². The molecule has 0 unspecified atom stereocenters. The maximum absolute atomic E-state index is 13.2. The molecule has 13 heteroatoms. The smallest absolute Gasteiger partial charge is 0.416 e. The number of benzene rings is 2. The third-order valence-corrected chi connectivity index (χ3v) is 7.24. The molecule has 2 aliphatic heterocycles. The van der Waals surface area contributed by atoms with Crippen molar-refractivity contribution in [2.24, 2.45) is 0 Å². The number of anilines is 1. The Kier molecular flexibility index (Phi) is 7.07. The molecule has 0 aromatic heterocycles. The first-order valence-corrected chi connectivity index (χ1v) is 12.9. The number of halogens is 4. The average Bonchev–Trinajstić information content (AvgIpc) is 3.25. The number of sulfonamides is 1. The maximum atomic E-state index is 13.2. The summed E-state index contributed by atoms with van der Waals surface area (Å²) >= 11 is 6.03. The molecule has 0 saturated carbocycles. The lowest BCUT2D eigenvalue weighted by molar-refractivity contribution is -0.137. The van der Waals surface area contributed by atoms with Crippen LogP contribution in [0.1, 0.15) is 11.1 Å². The van der Waals surface area contributed by atoms with Crippen molar-refractivity contribution in [3.63, 3.8) is 0 Å². The molecule has 190 valence electrons. The van der Waals surface area contributed by atoms with E-state index in [2.05, 4.69) is 4.90 Å². The molecule has 0 aliphatic carbocycles. The molecule has 8 nitrogen and oxygen atoms in total. The molecule has 0 radical (unpaired) electrons. The van der Waals surface area contributed by atoms with Crippen molar-refractivity contribution in [3.8, 4) is 11.5 Å². The summed E-state index contributed by atoms with van der Waals surface area (Å²) in [5, 5.41) is -0.204. The predicted octanol–water partition coefficient (Wildman–Crippen LogP) is 3.20. The monoisotopic (exact) mass is 533 g/mol. The summed E-state index contributed by atoms with van der Waals surface area (Å²) in [7, 11) is -4.09. The van der Waals surface area contributed by atoms with E-state index in [9.17, 15) is 26.4 Å². The predicted molar refractivity (Wildman–Crippen MR) is 123 cm³/mol. The number of rotatable bonds is 6. The highest BCUT2D eigenvalue weighted by molar-refractivity contribution is 7.92. The van der Waals surface area contributed by atoms with Crippen molar-refractivity contribution >= 4 is 33.2 Å². The number of amides is 1. The molecular formula is C22H23ClF3N3O5S. The summed E-state index contributed by atoms with van der Waals surface area (Å²) in [5.41, 5.74) is -0.426. The third-order valence-electron chi connectivity index (χ3n) is 5.79. The number of nitrogens with zero attached hydrogens (tertiary/aromatic N) is 3. The minimum absolute atomic E-state index is 0.190. The number of ether oxygens (including phenoxy) is 2. The van der Waals surface area contributed by atoms with Gasteiger partial charge in [-0.15, -0.1) is 0 Å². The zero-order valence-electron chi connectivity index (χ0n) is 18.7. The Morgan fingerprint density at radius 1 is 1.06 bits per heavy atom. The number of alkyl halides is 3. The van der Waals surface area contributed by atoms with E-state index in [0.29, 0.717) is 54.6 Å². The van der Waals surface area contributed by atoms with Crippen LogP contribution in [0.2, 0.25) is 5.02 Å². The van der Waals surface area contributed by atoms with Gasteiger partial charge in [-0.3, -0.25) is 14.0 Å². The van der Waals surface area contributed by atoms with Crippen LogP contribution in [0.15, 0.2) is 36.4 Å². The third kappa shape index (κ3) is 5.93. The summed E-state index contributed by atoms with van der Waals surface area (Å²) in [6.45, 7) is 1.95. The van der Waals surface area contributed by atoms with Crippen molar-refractivity contribution in [3.05, 3.63) is 52.5 Å². The number of hydrogen-bond acceptors (Lipinski definition) is 6. The first kappa shape index (κ1) is 25.4. The van der Waals surface area contributed by atoms with Crippen LogP contribution in [-0.2, 0) is 27.5 Å². The molecule has 2 aliphatic rings. The molecule has 2 aromatic rings. The minimum atomic E-state index is -4.69. The van der Waals surface area contributed by atoms with E-state index in [1.807, 2.05) is 18.2 Å². The van der Waals surface area contributed by atoms with Crippen molar-refractivity contribution in [1.82, 2.24) is 9.80 Å². The molecule has 0 spiro atoms. The maximum Gasteiger partial charge on any atom is 0.416 e. The van der Waals surface area contributed by atoms with Gasteiger partial charge in [-0.05, 0) is 35.9 Å². The van der Waals surface area contributed by atoms with Gasteiger partial charge in [0.15, 0.2) is 11.5 Å². The van der Waals surface area contributed by atoms with Crippen molar-refractivity contribution in [2.75, 3.05) is 50.1 Å². The Morgan fingerprint density at radius 2 is 1.74 bits per heavy atom. The molecule has 1 saturated heterocycles. The molecule has 2 heterocycles. The van der Waals surface area contributed by atoms with Gasteiger partial charge in [0.1, 0.15) is 6.54 Å². The molecular weight excluding hydrogens is 511 g/mol. The Balaban J connectivity index is 1.41. The van der Waals surface area contributed by atoms with E-state index in [1.165, 1.54) is 4.90 Å². The second-order valence-corrected chi connectivity index (χ2v) is 10.6. The molecule has 1 amide bonds. The highest BCUT2D eigenvalue weighted by Gasteiger charge is 2.34. The first-order valence-electron chi connectivity index (χ1n) is 10.6. The number of piperazine rings is 1. The van der Waals surface area contributed by atoms with Gasteiger partial charge in [0.05, 0.1) is 22.5 Å². The average molecular weight is 534 g/mol. The van der Waals surface area contributed by atoms with E-state index in [-0.39, 0.29) is 11.8 Å². The van der Waals surface area contributed by atoms with Gasteiger partial charge < -0.3 is 14.4 Å². The van der Waals surface area contributed by atoms with Gasteiger partial charge in [0.25, 0.3) is 0 Å². The summed E-state index contributed by atoms with van der Waals surface area (Å²) in [5.74, 6) is 0.859. The molecule has 1 fully saturated rings. The molecule has 35 heavy (non-hydrogen) atoms. The van der Waals surface area contributed by atoms with E-state index >= 15 is 0 Å². The van der Waals surface area contributed by atoms with Gasteiger partial charge >= 0.3 is 6.18 Å². The number of carbonyl (C=O) groups excluding carboxylic acids is 1. The second-order valence-electron chi connectivity index (χ2n) is 8.28. The molecule has 0 atom stereocenters. The zero-order chi connectivity index (χ0) is 25.4. The lowest BCUT2D eigenvalue weighted by Crippen LogP contribution is -2.51. The van der Waals surface area contributed by atoms with Crippen LogP contribution in [0.5, 0.6) is 11.5 Å². The van der Waals surface area contributed by atoms with Gasteiger partial charge in [-0.1, -0.05) is 17.7 Å². The lowest BCUT2D eigenvalue weighted by Gasteiger charge is -2.36. The normalized spacial score (nSPS) is 16.4. The van der Waals surface area contributed by atoms with Gasteiger partial charge in [0, 0.05) is 32.7 Å². The van der Waals surface area contributed by atoms with E-state index in [0.717, 1.165) is 24.0 Å². The van der Waals surface area contributed by atoms with Crippen LogP contribution in [0.4, 0.5) is 18.9 Å². The Hall–Kier alpha value is -2.70. The van der Waals surface area contributed by atoms with Crippen molar-refractivity contribution in [1.29, 1.82) is 0 Å². The first-order chi connectivity index (χ1) is 16.4. The standard InChI is InChI=1S/C22H23ClF3N3O5S/c1-35(31,32)29(18-11-16(22(24,25)26)3-4-17(18)23)13-21(30)28-8-6-27(7-9-28)12-15-2-5-19-20(10-15)34-14-33-19/h2-5,10-11H,6-9,12-14H2,1H3. The van der Waals surface area contributed by atoms with Gasteiger partial charge in [0.2, 0.25) is 22.7 Å². The summed E-state index contributed by atoms with van der Waals surface area (Å²) in [6, 6.07) is 8.05. The van der Waals surface area contributed by atoms with Crippen LogP contribution >= 0.6 is 11.6 Å². The van der Waals surface area contributed by atoms with Crippen molar-refractivity contribution in [2.45, 2.75) is 12.7 Å². The lowest BCUT2D eigenvalue weighted by atomic mass is 10.1. The van der Waals surface area contributed by atoms with Crippen LogP contribution in [0, 0.1) is 0 Å². The van der Waals surface area contributed by atoms with E-state index in [4.69, 9.17) is 21.1 Å². The zero-order valence-corrected chi connectivity index (χ0v) is 20.3. The van der Waals surface area contributed by atoms with Crippen LogP contribution in [-0.4, -0.2) is 69.9 Å². The fourth-order valence-electron chi connectivity index (χ4n) is 3.94. The highest BCUT2D eigenvalue weighted by Crippen LogP contribution is 2.36. The second kappa shape index (κ2) is 9.75. The molecule has 0 N–H and O–H groups in total. The SMILES string of the molecule is CS(=O)(=O)N(CC(=O)N1CCN(Cc2ccc3c(c2)OCO3)CC1)c1cc(C(F)(F)F)ccc1Cl. The quantitative estimate of drug-likeness (QED) is 0.567. The van der Waals surface area contributed by atoms with Crippen LogP contribution in [0.3, 0.4) is 0 Å². The number of carbonyl (C=O) groups is 1. The molecule has 2 aromatic carbocycles. The Morgan fingerprint density at radius 3 is 2.40 bits per heavy atom. The fraction of sp³-hybridized carbons (Fsp3) is 0.409. The van der Waals surface area contributed by atoms with E-state index < -0.39 is 39.9 Å². The Bertz CT molecular complexity index is 1220. The minimum Gasteiger partial charge on any atom is -0.454 e. The van der Waals surface area contributed by atoms with Crippen molar-refractivity contribution < 1.29 is 35.9 Å². The summed E-state index contributed by atoms with van der Waals surface area (Å²) in [4.78, 5) is 16.6. The number of hydrogen-bond donors (Lipinski definition) is 0. The van der Waals surface area contributed by atoms with E-state index in [1.54, 1.807) is 0 Å². The Labute approximate surface area is 205 Å². The molecule has 0 bridgehead atoms. The number of fused-ring (bicyclic) bond motifs is 1. The molecule has 4 rings (SSSR count). The summed E-state index contributed by atoms with van der Waals surface area (Å²) < 4.78 is 75.6.